The first kappa shape index (κ1) is 14.8. The second kappa shape index (κ2) is 5.95. The summed E-state index contributed by atoms with van der Waals surface area (Å²) in [5.41, 5.74) is 0.193. The second-order valence-corrected chi connectivity index (χ2v) is 5.15. The smallest absolute Gasteiger partial charge is 0.259 e. The van der Waals surface area contributed by atoms with E-state index < -0.39 is 0 Å². The Morgan fingerprint density at radius 1 is 1.17 bits per heavy atom. The summed E-state index contributed by atoms with van der Waals surface area (Å²) < 4.78 is 0. The van der Waals surface area contributed by atoms with Crippen LogP contribution in [0.5, 0.6) is 0 Å². The quantitative estimate of drug-likeness (QED) is 0.557. The molecule has 0 radical (unpaired) electrons. The summed E-state index contributed by atoms with van der Waals surface area (Å²) in [6, 6.07) is 15.2. The molecule has 0 aliphatic rings. The summed E-state index contributed by atoms with van der Waals surface area (Å²) >= 11 is 6.04. The van der Waals surface area contributed by atoms with Crippen LogP contribution in [0, 0.1) is 11.3 Å². The topological polar surface area (TPSA) is 89.8 Å². The molecule has 1 heterocycles. The first-order chi connectivity index (χ1) is 11.1. The lowest BCUT2D eigenvalue weighted by atomic mass is 10.1. The highest BCUT2D eigenvalue weighted by Crippen LogP contribution is 2.27. The Kier molecular flexibility index (Phi) is 3.83. The molecule has 0 spiro atoms. The number of halogens is 1. The highest BCUT2D eigenvalue weighted by Gasteiger charge is 2.16. The van der Waals surface area contributed by atoms with Crippen LogP contribution in [-0.2, 0) is 0 Å². The van der Waals surface area contributed by atoms with Crippen molar-refractivity contribution in [2.24, 2.45) is 0 Å². The van der Waals surface area contributed by atoms with E-state index in [9.17, 15) is 15.2 Å². The first-order valence-electron chi connectivity index (χ1n) is 6.69. The van der Waals surface area contributed by atoms with Crippen molar-refractivity contribution < 1.29 is 5.11 Å². The molecule has 6 heteroatoms. The van der Waals surface area contributed by atoms with Crippen molar-refractivity contribution in [2.45, 2.75) is 0 Å². The number of fused-ring (bicyclic) bond motifs is 1. The van der Waals surface area contributed by atoms with Crippen LogP contribution >= 0.6 is 11.6 Å². The summed E-state index contributed by atoms with van der Waals surface area (Å²) in [7, 11) is 0. The van der Waals surface area contributed by atoms with Gasteiger partial charge in [0.05, 0.1) is 15.9 Å². The monoisotopic (exact) mass is 323 g/mol. The zero-order valence-corrected chi connectivity index (χ0v) is 12.5. The van der Waals surface area contributed by atoms with Gasteiger partial charge < -0.3 is 10.1 Å². The highest BCUT2D eigenvalue weighted by molar-refractivity contribution is 6.32. The number of nitriles is 1. The van der Waals surface area contributed by atoms with Crippen LogP contribution in [-0.4, -0.2) is 15.1 Å². The summed E-state index contributed by atoms with van der Waals surface area (Å²) in [5.74, 6) is -0.342. The summed E-state index contributed by atoms with van der Waals surface area (Å²) in [6.07, 6.45) is 0. The fourth-order valence-electron chi connectivity index (χ4n) is 2.21. The van der Waals surface area contributed by atoms with Gasteiger partial charge in [0.25, 0.3) is 5.56 Å². The van der Waals surface area contributed by atoms with Crippen LogP contribution in [0.1, 0.15) is 11.4 Å². The number of hydrogen-bond donors (Lipinski definition) is 2. The average Bonchev–Trinajstić information content (AvgIpc) is 2.56. The molecule has 2 N–H and O–H groups in total. The molecule has 0 unspecified atom stereocenters. The number of nitrogens with one attached hydrogen (secondary N) is 1. The minimum absolute atomic E-state index is 0.00591. The molecule has 23 heavy (non-hydrogen) atoms. The van der Waals surface area contributed by atoms with E-state index in [4.69, 9.17) is 11.6 Å². The van der Waals surface area contributed by atoms with Gasteiger partial charge in [-0.3, -0.25) is 4.79 Å². The summed E-state index contributed by atoms with van der Waals surface area (Å²) in [5, 5.41) is 20.5. The van der Waals surface area contributed by atoms with Crippen LogP contribution < -0.4 is 5.56 Å². The number of rotatable bonds is 2. The van der Waals surface area contributed by atoms with Gasteiger partial charge in [-0.2, -0.15) is 5.26 Å². The van der Waals surface area contributed by atoms with Gasteiger partial charge in [-0.15, -0.1) is 0 Å². The molecular weight excluding hydrogens is 314 g/mol. The van der Waals surface area contributed by atoms with Gasteiger partial charge in [-0.25, -0.2) is 4.98 Å². The van der Waals surface area contributed by atoms with Crippen LogP contribution in [0.2, 0.25) is 5.02 Å². The van der Waals surface area contributed by atoms with Crippen molar-refractivity contribution in [3.63, 3.8) is 0 Å². The Bertz CT molecular complexity index is 1030. The molecule has 0 saturated carbocycles. The third-order valence-corrected chi connectivity index (χ3v) is 3.66. The number of aliphatic hydroxyl groups is 1. The largest absolute Gasteiger partial charge is 0.506 e. The molecule has 3 rings (SSSR count). The van der Waals surface area contributed by atoms with E-state index >= 15 is 0 Å². The van der Waals surface area contributed by atoms with Gasteiger partial charge in [0.15, 0.2) is 5.82 Å². The predicted octanol–water partition coefficient (Wildman–Crippen LogP) is 3.53. The molecule has 0 atom stereocenters. The number of aromatic nitrogens is 2. The molecule has 0 aliphatic heterocycles. The molecule has 112 valence electrons. The number of nitrogens with zero attached hydrogens (tertiary/aromatic N) is 2. The minimum Gasteiger partial charge on any atom is -0.506 e. The van der Waals surface area contributed by atoms with Crippen molar-refractivity contribution in [3.05, 3.63) is 75.3 Å². The van der Waals surface area contributed by atoms with Gasteiger partial charge in [-0.1, -0.05) is 35.9 Å². The maximum absolute atomic E-state index is 12.1. The number of H-pyrrole nitrogens is 1. The Hall–Kier alpha value is -3.10. The van der Waals surface area contributed by atoms with E-state index in [2.05, 4.69) is 9.97 Å². The molecule has 0 amide bonds. The van der Waals surface area contributed by atoms with Crippen molar-refractivity contribution in [1.82, 2.24) is 9.97 Å². The van der Waals surface area contributed by atoms with Crippen molar-refractivity contribution >= 4 is 33.8 Å². The van der Waals surface area contributed by atoms with E-state index in [1.54, 1.807) is 48.5 Å². The maximum Gasteiger partial charge on any atom is 0.259 e. The molecule has 5 nitrogen and oxygen atoms in total. The number of benzene rings is 2. The Balaban J connectivity index is 2.27. The zero-order valence-electron chi connectivity index (χ0n) is 11.7. The molecule has 3 aromatic rings. The standard InChI is InChI=1S/C17H10ClN3O2/c18-13-7-3-1-5-10(13)15(22)12(9-19)16-20-14-8-4-2-6-11(14)17(23)21-16/h1-8,22H,(H,20,21,23). The van der Waals surface area contributed by atoms with Gasteiger partial charge in [0.1, 0.15) is 17.4 Å². The van der Waals surface area contributed by atoms with Crippen molar-refractivity contribution in [3.8, 4) is 6.07 Å². The van der Waals surface area contributed by atoms with Crippen LogP contribution in [0.4, 0.5) is 0 Å². The van der Waals surface area contributed by atoms with Crippen LogP contribution in [0.15, 0.2) is 53.3 Å². The van der Waals surface area contributed by atoms with Crippen LogP contribution in [0.25, 0.3) is 22.2 Å². The number of hydrogen-bond acceptors (Lipinski definition) is 4. The SMILES string of the molecule is N#CC(=C(O)c1ccccc1Cl)c1nc2ccccc2c(=O)[nH]1. The Labute approximate surface area is 136 Å². The van der Waals surface area contributed by atoms with Crippen LogP contribution in [0.3, 0.4) is 0 Å². The lowest BCUT2D eigenvalue weighted by molar-refractivity contribution is 0.514. The maximum atomic E-state index is 12.1. The lowest BCUT2D eigenvalue weighted by Gasteiger charge is -2.07. The predicted molar refractivity (Wildman–Crippen MR) is 88.9 cm³/mol. The van der Waals surface area contributed by atoms with Gasteiger partial charge in [0, 0.05) is 5.56 Å². The van der Waals surface area contributed by atoms with E-state index in [0.29, 0.717) is 21.5 Å². The number of allylic oxidation sites excluding steroid dienone is 1. The Morgan fingerprint density at radius 2 is 1.87 bits per heavy atom. The molecule has 1 aromatic heterocycles. The fraction of sp³-hybridized carbons (Fsp3) is 0. The van der Waals surface area contributed by atoms with Gasteiger partial charge in [0.2, 0.25) is 0 Å². The van der Waals surface area contributed by atoms with Crippen molar-refractivity contribution in [2.75, 3.05) is 0 Å². The fourth-order valence-corrected chi connectivity index (χ4v) is 2.44. The zero-order chi connectivity index (χ0) is 16.4. The summed E-state index contributed by atoms with van der Waals surface area (Å²) in [6.45, 7) is 0. The van der Waals surface area contributed by atoms with Gasteiger partial charge in [-0.05, 0) is 24.3 Å². The van der Waals surface area contributed by atoms with Gasteiger partial charge >= 0.3 is 0 Å². The summed E-state index contributed by atoms with van der Waals surface area (Å²) in [4.78, 5) is 18.9. The van der Waals surface area contributed by atoms with E-state index in [1.807, 2.05) is 6.07 Å². The van der Waals surface area contributed by atoms with E-state index in [0.717, 1.165) is 0 Å². The highest BCUT2D eigenvalue weighted by atomic mass is 35.5. The molecule has 2 aromatic carbocycles. The number of aromatic amines is 1. The van der Waals surface area contributed by atoms with E-state index in [-0.39, 0.29) is 22.7 Å². The third-order valence-electron chi connectivity index (χ3n) is 3.33. The molecule has 0 fully saturated rings. The molecular formula is C17H10ClN3O2. The van der Waals surface area contributed by atoms with Crippen molar-refractivity contribution in [1.29, 1.82) is 5.26 Å². The lowest BCUT2D eigenvalue weighted by Crippen LogP contribution is -2.11. The third kappa shape index (κ3) is 2.68. The normalized spacial score (nSPS) is 11.8. The average molecular weight is 324 g/mol. The number of aliphatic hydroxyl groups excluding tert-OH is 1. The molecule has 0 saturated heterocycles. The molecule has 0 aliphatic carbocycles. The first-order valence-corrected chi connectivity index (χ1v) is 7.07. The number of para-hydroxylation sites is 1. The van der Waals surface area contributed by atoms with E-state index in [1.165, 1.54) is 0 Å². The Morgan fingerprint density at radius 3 is 2.61 bits per heavy atom. The molecule has 0 bridgehead atoms. The second-order valence-electron chi connectivity index (χ2n) is 4.75. The minimum atomic E-state index is -0.384.